The second kappa shape index (κ2) is 7.51. The van der Waals surface area contributed by atoms with Gasteiger partial charge in [-0.05, 0) is 49.7 Å². The number of carbonyl (C=O) groups is 1. The number of aromatic nitrogens is 3. The van der Waals surface area contributed by atoms with E-state index >= 15 is 0 Å². The van der Waals surface area contributed by atoms with Crippen molar-refractivity contribution in [1.29, 1.82) is 0 Å². The standard InChI is InChI=1S/C20H19N5O2/c26-19-8-6-16(13-24-19)25(20(27)18-4-2-10-22-18)15-5-7-17(23-12-15)14-3-1-9-21-11-14/h1,3,5-9,11-13,18,22H,2,4,10H2,(H,24,26)/t18-/m0/s1. The highest BCUT2D eigenvalue weighted by Gasteiger charge is 2.29. The van der Waals surface area contributed by atoms with Crippen LogP contribution in [0.4, 0.5) is 11.4 Å². The number of H-pyrrole nitrogens is 1. The Bertz CT molecular complexity index is 959. The van der Waals surface area contributed by atoms with Gasteiger partial charge in [0.15, 0.2) is 0 Å². The molecule has 7 nitrogen and oxygen atoms in total. The van der Waals surface area contributed by atoms with E-state index < -0.39 is 0 Å². The number of nitrogens with zero attached hydrogens (tertiary/aromatic N) is 3. The first-order valence-electron chi connectivity index (χ1n) is 8.85. The Kier molecular flexibility index (Phi) is 4.76. The molecule has 0 aromatic carbocycles. The number of amides is 1. The molecule has 136 valence electrons. The Morgan fingerprint density at radius 2 is 2.00 bits per heavy atom. The summed E-state index contributed by atoms with van der Waals surface area (Å²) in [6, 6.07) is 10.3. The Balaban J connectivity index is 1.70. The second-order valence-electron chi connectivity index (χ2n) is 6.38. The third-order valence-corrected chi connectivity index (χ3v) is 4.57. The fraction of sp³-hybridized carbons (Fsp3) is 0.200. The maximum atomic E-state index is 13.1. The summed E-state index contributed by atoms with van der Waals surface area (Å²) in [6.45, 7) is 0.827. The lowest BCUT2D eigenvalue weighted by Gasteiger charge is -2.25. The van der Waals surface area contributed by atoms with Crippen LogP contribution in [0.3, 0.4) is 0 Å². The third-order valence-electron chi connectivity index (χ3n) is 4.57. The minimum absolute atomic E-state index is 0.0597. The van der Waals surface area contributed by atoms with Crippen LogP contribution in [0.25, 0.3) is 11.3 Å². The number of aromatic amines is 1. The fourth-order valence-electron chi connectivity index (χ4n) is 3.20. The minimum Gasteiger partial charge on any atom is -0.327 e. The van der Waals surface area contributed by atoms with Gasteiger partial charge in [-0.3, -0.25) is 24.5 Å². The van der Waals surface area contributed by atoms with E-state index in [-0.39, 0.29) is 17.5 Å². The molecule has 1 atom stereocenters. The second-order valence-corrected chi connectivity index (χ2v) is 6.38. The van der Waals surface area contributed by atoms with E-state index in [1.807, 2.05) is 24.3 Å². The van der Waals surface area contributed by atoms with Gasteiger partial charge < -0.3 is 10.3 Å². The summed E-state index contributed by atoms with van der Waals surface area (Å²) < 4.78 is 0. The van der Waals surface area contributed by atoms with Gasteiger partial charge in [0.05, 0.1) is 29.3 Å². The lowest BCUT2D eigenvalue weighted by molar-refractivity contribution is -0.119. The third kappa shape index (κ3) is 3.63. The number of pyridine rings is 3. The molecule has 7 heteroatoms. The van der Waals surface area contributed by atoms with E-state index in [0.29, 0.717) is 11.4 Å². The zero-order valence-corrected chi connectivity index (χ0v) is 14.6. The van der Waals surface area contributed by atoms with Crippen LogP contribution in [0.15, 0.2) is 66.0 Å². The minimum atomic E-state index is -0.241. The quantitative estimate of drug-likeness (QED) is 0.744. The van der Waals surface area contributed by atoms with Crippen LogP contribution in [-0.4, -0.2) is 33.4 Å². The number of hydrogen-bond donors (Lipinski definition) is 2. The number of rotatable bonds is 4. The molecule has 0 unspecified atom stereocenters. The predicted molar refractivity (Wildman–Crippen MR) is 103 cm³/mol. The van der Waals surface area contributed by atoms with Crippen LogP contribution in [-0.2, 0) is 4.79 Å². The van der Waals surface area contributed by atoms with Crippen molar-refractivity contribution in [1.82, 2.24) is 20.3 Å². The monoisotopic (exact) mass is 361 g/mol. The molecule has 1 fully saturated rings. The van der Waals surface area contributed by atoms with Gasteiger partial charge in [-0.15, -0.1) is 0 Å². The van der Waals surface area contributed by atoms with Gasteiger partial charge in [0, 0.05) is 30.2 Å². The van der Waals surface area contributed by atoms with Gasteiger partial charge >= 0.3 is 0 Å². The van der Waals surface area contributed by atoms with Crippen molar-refractivity contribution in [2.24, 2.45) is 0 Å². The number of carbonyl (C=O) groups excluding carboxylic acids is 1. The molecule has 0 spiro atoms. The van der Waals surface area contributed by atoms with Gasteiger partial charge in [-0.1, -0.05) is 0 Å². The van der Waals surface area contributed by atoms with Crippen LogP contribution in [0.2, 0.25) is 0 Å². The molecule has 3 aromatic rings. The maximum Gasteiger partial charge on any atom is 0.248 e. The van der Waals surface area contributed by atoms with E-state index in [4.69, 9.17) is 0 Å². The van der Waals surface area contributed by atoms with E-state index in [9.17, 15) is 9.59 Å². The molecule has 0 bridgehead atoms. The zero-order chi connectivity index (χ0) is 18.6. The van der Waals surface area contributed by atoms with Crippen molar-refractivity contribution in [2.45, 2.75) is 18.9 Å². The first-order valence-corrected chi connectivity index (χ1v) is 8.85. The smallest absolute Gasteiger partial charge is 0.248 e. The fourth-order valence-corrected chi connectivity index (χ4v) is 3.20. The summed E-state index contributed by atoms with van der Waals surface area (Å²) in [5.41, 5.74) is 2.72. The van der Waals surface area contributed by atoms with Crippen LogP contribution < -0.4 is 15.8 Å². The van der Waals surface area contributed by atoms with E-state index in [0.717, 1.165) is 30.6 Å². The van der Waals surface area contributed by atoms with Crippen molar-refractivity contribution in [2.75, 3.05) is 11.4 Å². The topological polar surface area (TPSA) is 91.0 Å². The molecule has 1 aliphatic rings. The summed E-state index contributed by atoms with van der Waals surface area (Å²) in [7, 11) is 0. The normalized spacial score (nSPS) is 16.2. The van der Waals surface area contributed by atoms with Crippen molar-refractivity contribution >= 4 is 17.3 Å². The summed E-state index contributed by atoms with van der Waals surface area (Å²) in [6.07, 6.45) is 8.43. The van der Waals surface area contributed by atoms with E-state index in [1.165, 1.54) is 6.07 Å². The molecule has 4 rings (SSSR count). The van der Waals surface area contributed by atoms with Gasteiger partial charge in [-0.25, -0.2) is 0 Å². The zero-order valence-electron chi connectivity index (χ0n) is 14.6. The predicted octanol–water partition coefficient (Wildman–Crippen LogP) is 2.25. The Morgan fingerprint density at radius 1 is 1.11 bits per heavy atom. The molecule has 27 heavy (non-hydrogen) atoms. The SMILES string of the molecule is O=C([C@@H]1CCCN1)N(c1ccc(-c2cccnc2)nc1)c1ccc(=O)[nH]c1. The van der Waals surface area contributed by atoms with Crippen molar-refractivity contribution in [3.63, 3.8) is 0 Å². The van der Waals surface area contributed by atoms with Crippen molar-refractivity contribution in [3.05, 3.63) is 71.5 Å². The van der Waals surface area contributed by atoms with Crippen LogP contribution in [0.1, 0.15) is 12.8 Å². The average molecular weight is 361 g/mol. The Morgan fingerprint density at radius 3 is 2.63 bits per heavy atom. The molecule has 1 saturated heterocycles. The lowest BCUT2D eigenvalue weighted by atomic mass is 10.1. The highest BCUT2D eigenvalue weighted by atomic mass is 16.2. The molecule has 0 saturated carbocycles. The number of nitrogens with one attached hydrogen (secondary N) is 2. The molecule has 1 aliphatic heterocycles. The molecule has 0 radical (unpaired) electrons. The highest BCUT2D eigenvalue weighted by molar-refractivity contribution is 6.03. The first-order chi connectivity index (χ1) is 13.2. The Labute approximate surface area is 156 Å². The first kappa shape index (κ1) is 17.1. The number of anilines is 2. The van der Waals surface area contributed by atoms with Gasteiger partial charge in [-0.2, -0.15) is 0 Å². The Hall–Kier alpha value is -3.32. The van der Waals surface area contributed by atoms with E-state index in [1.54, 1.807) is 35.8 Å². The van der Waals surface area contributed by atoms with Crippen LogP contribution >= 0.6 is 0 Å². The summed E-state index contributed by atoms with van der Waals surface area (Å²) in [4.78, 5) is 37.4. The molecule has 1 amide bonds. The van der Waals surface area contributed by atoms with Gasteiger partial charge in [0.1, 0.15) is 0 Å². The molecular weight excluding hydrogens is 342 g/mol. The van der Waals surface area contributed by atoms with E-state index in [2.05, 4.69) is 20.3 Å². The molecule has 3 aromatic heterocycles. The molecule has 0 aliphatic carbocycles. The van der Waals surface area contributed by atoms with Crippen LogP contribution in [0.5, 0.6) is 0 Å². The largest absolute Gasteiger partial charge is 0.327 e. The number of hydrogen-bond acceptors (Lipinski definition) is 5. The van der Waals surface area contributed by atoms with Gasteiger partial charge in [0.25, 0.3) is 0 Å². The summed E-state index contributed by atoms with van der Waals surface area (Å²) >= 11 is 0. The summed E-state index contributed by atoms with van der Waals surface area (Å²) in [5, 5.41) is 3.23. The average Bonchev–Trinajstić information content (AvgIpc) is 3.26. The summed E-state index contributed by atoms with van der Waals surface area (Å²) in [5.74, 6) is -0.0597. The van der Waals surface area contributed by atoms with Crippen molar-refractivity contribution < 1.29 is 4.79 Å². The molecule has 4 heterocycles. The van der Waals surface area contributed by atoms with Crippen molar-refractivity contribution in [3.8, 4) is 11.3 Å². The van der Waals surface area contributed by atoms with Crippen LogP contribution in [0, 0.1) is 0 Å². The van der Waals surface area contributed by atoms with Gasteiger partial charge in [0.2, 0.25) is 11.5 Å². The highest BCUT2D eigenvalue weighted by Crippen LogP contribution is 2.27. The molecule has 2 N–H and O–H groups in total. The molecular formula is C20H19N5O2. The maximum absolute atomic E-state index is 13.1. The lowest BCUT2D eigenvalue weighted by Crippen LogP contribution is -2.41.